The first-order chi connectivity index (χ1) is 7.54. The lowest BCUT2D eigenvalue weighted by atomic mass is 10.0. The normalized spacial score (nSPS) is 13.0. The topological polar surface area (TPSA) is 17.1 Å². The number of halogens is 2. The van der Waals surface area contributed by atoms with Gasteiger partial charge in [-0.1, -0.05) is 49.2 Å². The number of rotatable bonds is 4. The summed E-state index contributed by atoms with van der Waals surface area (Å²) in [5.74, 6) is 0.201. The zero-order valence-corrected chi connectivity index (χ0v) is 10.8. The third-order valence-electron chi connectivity index (χ3n) is 2.48. The van der Waals surface area contributed by atoms with Gasteiger partial charge in [-0.15, -0.1) is 0 Å². The predicted octanol–water partition coefficient (Wildman–Crippen LogP) is 4.62. The Kier molecular flexibility index (Phi) is 5.04. The molecule has 0 spiro atoms. The van der Waals surface area contributed by atoms with E-state index in [2.05, 4.69) is 0 Å². The molecule has 16 heavy (non-hydrogen) atoms. The van der Waals surface area contributed by atoms with Crippen molar-refractivity contribution >= 4 is 35.1 Å². The van der Waals surface area contributed by atoms with Gasteiger partial charge in [0.2, 0.25) is 0 Å². The van der Waals surface area contributed by atoms with E-state index in [1.807, 2.05) is 19.9 Å². The summed E-state index contributed by atoms with van der Waals surface area (Å²) in [5, 5.41) is 1.02. The van der Waals surface area contributed by atoms with Crippen LogP contribution in [0.4, 0.5) is 0 Å². The third kappa shape index (κ3) is 3.66. The minimum atomic E-state index is 0.0685. The molecule has 0 unspecified atom stereocenters. The van der Waals surface area contributed by atoms with E-state index in [4.69, 9.17) is 23.2 Å². The first kappa shape index (κ1) is 13.3. The van der Waals surface area contributed by atoms with Crippen LogP contribution in [0.1, 0.15) is 25.8 Å². The average Bonchev–Trinajstić information content (AvgIpc) is 2.29. The molecule has 1 nitrogen and oxygen atoms in total. The summed E-state index contributed by atoms with van der Waals surface area (Å²) >= 11 is 11.7. The fraction of sp³-hybridized carbons (Fsp3) is 0.308. The Bertz CT molecular complexity index is 410. The van der Waals surface area contributed by atoms with Crippen LogP contribution in [0.5, 0.6) is 0 Å². The fourth-order valence-electron chi connectivity index (χ4n) is 1.16. The van der Waals surface area contributed by atoms with Gasteiger partial charge in [0.05, 0.1) is 10.0 Å². The van der Waals surface area contributed by atoms with Crippen molar-refractivity contribution in [3.05, 3.63) is 39.9 Å². The zero-order valence-electron chi connectivity index (χ0n) is 9.34. The van der Waals surface area contributed by atoms with Crippen molar-refractivity contribution in [3.8, 4) is 0 Å². The Hall–Kier alpha value is -0.790. The van der Waals surface area contributed by atoms with E-state index in [1.54, 1.807) is 24.3 Å². The van der Waals surface area contributed by atoms with Crippen molar-refractivity contribution in [2.75, 3.05) is 0 Å². The minimum Gasteiger partial charge on any atom is -0.295 e. The van der Waals surface area contributed by atoms with Gasteiger partial charge in [0.15, 0.2) is 5.78 Å². The van der Waals surface area contributed by atoms with Gasteiger partial charge in [0, 0.05) is 5.92 Å². The number of carbonyl (C=O) groups is 1. The smallest absolute Gasteiger partial charge is 0.158 e. The second-order valence-electron chi connectivity index (χ2n) is 3.72. The quantitative estimate of drug-likeness (QED) is 0.719. The molecule has 3 heteroatoms. The molecule has 0 aromatic heterocycles. The highest BCUT2D eigenvalue weighted by atomic mass is 35.5. The molecule has 0 bridgehead atoms. The third-order valence-corrected chi connectivity index (χ3v) is 3.22. The van der Waals surface area contributed by atoms with Gasteiger partial charge in [-0.2, -0.15) is 0 Å². The summed E-state index contributed by atoms with van der Waals surface area (Å²) in [6, 6.07) is 5.29. The molecule has 86 valence electrons. The molecular formula is C13H14Cl2O. The predicted molar refractivity (Wildman–Crippen MR) is 70.0 cm³/mol. The molecule has 0 aliphatic rings. The molecule has 0 amide bonds. The van der Waals surface area contributed by atoms with Gasteiger partial charge < -0.3 is 0 Å². The van der Waals surface area contributed by atoms with E-state index >= 15 is 0 Å². The van der Waals surface area contributed by atoms with E-state index in [0.29, 0.717) is 10.0 Å². The van der Waals surface area contributed by atoms with Gasteiger partial charge in [0.25, 0.3) is 0 Å². The molecular weight excluding hydrogens is 243 g/mol. The van der Waals surface area contributed by atoms with Crippen LogP contribution in [0.3, 0.4) is 0 Å². The molecule has 0 fully saturated rings. The number of hydrogen-bond acceptors (Lipinski definition) is 1. The number of benzene rings is 1. The van der Waals surface area contributed by atoms with E-state index in [1.165, 1.54) is 0 Å². The molecule has 0 heterocycles. The summed E-state index contributed by atoms with van der Waals surface area (Å²) in [5.41, 5.74) is 0.881. The molecule has 1 atom stereocenters. The average molecular weight is 257 g/mol. The summed E-state index contributed by atoms with van der Waals surface area (Å²) in [7, 11) is 0. The Labute approximate surface area is 106 Å². The lowest BCUT2D eigenvalue weighted by Gasteiger charge is -2.02. The van der Waals surface area contributed by atoms with E-state index in [9.17, 15) is 4.79 Å². The molecule has 1 aromatic rings. The lowest BCUT2D eigenvalue weighted by molar-refractivity contribution is -0.117. The number of ketones is 1. The second kappa shape index (κ2) is 6.07. The molecule has 0 N–H and O–H groups in total. The Morgan fingerprint density at radius 3 is 2.62 bits per heavy atom. The van der Waals surface area contributed by atoms with Gasteiger partial charge >= 0.3 is 0 Å². The SMILES string of the molecule is CC[C@@H](C)C(=O)/C=C/c1ccc(Cl)c(Cl)c1. The van der Waals surface area contributed by atoms with Crippen molar-refractivity contribution in [1.82, 2.24) is 0 Å². The minimum absolute atomic E-state index is 0.0685. The van der Waals surface area contributed by atoms with Crippen LogP contribution in [-0.2, 0) is 4.79 Å². The van der Waals surface area contributed by atoms with Gasteiger partial charge in [-0.25, -0.2) is 0 Å². The lowest BCUT2D eigenvalue weighted by Crippen LogP contribution is -2.05. The van der Waals surface area contributed by atoms with Crippen LogP contribution in [0, 0.1) is 5.92 Å². The van der Waals surface area contributed by atoms with Gasteiger partial charge in [0.1, 0.15) is 0 Å². The van der Waals surface area contributed by atoms with E-state index in [-0.39, 0.29) is 11.7 Å². The van der Waals surface area contributed by atoms with E-state index in [0.717, 1.165) is 12.0 Å². The van der Waals surface area contributed by atoms with Crippen molar-refractivity contribution in [3.63, 3.8) is 0 Å². The summed E-state index contributed by atoms with van der Waals surface area (Å²) in [6.45, 7) is 3.91. The van der Waals surface area contributed by atoms with Crippen molar-refractivity contribution in [1.29, 1.82) is 0 Å². The zero-order chi connectivity index (χ0) is 12.1. The highest BCUT2D eigenvalue weighted by Gasteiger charge is 2.06. The van der Waals surface area contributed by atoms with Crippen LogP contribution in [0.15, 0.2) is 24.3 Å². The van der Waals surface area contributed by atoms with Crippen molar-refractivity contribution < 1.29 is 4.79 Å². The first-order valence-corrected chi connectivity index (χ1v) is 5.97. The van der Waals surface area contributed by atoms with Gasteiger partial charge in [-0.3, -0.25) is 4.79 Å². The highest BCUT2D eigenvalue weighted by molar-refractivity contribution is 6.42. The van der Waals surface area contributed by atoms with Crippen LogP contribution in [0.25, 0.3) is 6.08 Å². The Balaban J connectivity index is 2.77. The van der Waals surface area contributed by atoms with Crippen molar-refractivity contribution in [2.45, 2.75) is 20.3 Å². The Morgan fingerprint density at radius 1 is 1.38 bits per heavy atom. The molecule has 1 rings (SSSR count). The number of carbonyl (C=O) groups excluding carboxylic acids is 1. The second-order valence-corrected chi connectivity index (χ2v) is 4.53. The van der Waals surface area contributed by atoms with Crippen LogP contribution < -0.4 is 0 Å². The van der Waals surface area contributed by atoms with E-state index < -0.39 is 0 Å². The Morgan fingerprint density at radius 2 is 2.06 bits per heavy atom. The van der Waals surface area contributed by atoms with Crippen LogP contribution in [-0.4, -0.2) is 5.78 Å². The molecule has 0 saturated carbocycles. The monoisotopic (exact) mass is 256 g/mol. The molecule has 0 radical (unpaired) electrons. The molecule has 1 aromatic carbocycles. The van der Waals surface area contributed by atoms with Crippen LogP contribution in [0.2, 0.25) is 10.0 Å². The largest absolute Gasteiger partial charge is 0.295 e. The summed E-state index contributed by atoms with van der Waals surface area (Å²) in [6.07, 6.45) is 4.20. The summed E-state index contributed by atoms with van der Waals surface area (Å²) in [4.78, 5) is 11.6. The van der Waals surface area contributed by atoms with Crippen LogP contribution >= 0.6 is 23.2 Å². The number of hydrogen-bond donors (Lipinski definition) is 0. The molecule has 0 aliphatic heterocycles. The maximum absolute atomic E-state index is 11.6. The first-order valence-electron chi connectivity index (χ1n) is 5.21. The van der Waals surface area contributed by atoms with Crippen molar-refractivity contribution in [2.24, 2.45) is 5.92 Å². The number of allylic oxidation sites excluding steroid dienone is 1. The maximum atomic E-state index is 11.6. The van der Waals surface area contributed by atoms with Gasteiger partial charge in [-0.05, 0) is 30.2 Å². The standard InChI is InChI=1S/C13H14Cl2O/c1-3-9(2)13(16)7-5-10-4-6-11(14)12(15)8-10/h4-9H,3H2,1-2H3/b7-5+/t9-/m1/s1. The highest BCUT2D eigenvalue weighted by Crippen LogP contribution is 2.23. The maximum Gasteiger partial charge on any atom is 0.158 e. The fourth-order valence-corrected chi connectivity index (χ4v) is 1.47. The molecule has 0 aliphatic carbocycles. The summed E-state index contributed by atoms with van der Waals surface area (Å²) < 4.78 is 0. The molecule has 0 saturated heterocycles.